The van der Waals surface area contributed by atoms with E-state index in [-0.39, 0.29) is 18.6 Å². The Labute approximate surface area is 158 Å². The number of amides is 1. The summed E-state index contributed by atoms with van der Waals surface area (Å²) in [5.74, 6) is 1.02. The monoisotopic (exact) mass is 381 g/mol. The number of thiophene rings is 1. The molecule has 0 atom stereocenters. The van der Waals surface area contributed by atoms with Gasteiger partial charge in [-0.15, -0.1) is 17.8 Å². The number of fused-ring (bicyclic) bond motifs is 1. The SMILES string of the molecule is C#CCNC(=O)COC(=O)Cn1cnc2sc(-c3ccccc3)cc2c1=O. The van der Waals surface area contributed by atoms with E-state index in [2.05, 4.69) is 16.2 Å². The molecule has 0 unspecified atom stereocenters. The van der Waals surface area contributed by atoms with Crippen LogP contribution in [0, 0.1) is 12.3 Å². The normalized spacial score (nSPS) is 10.3. The molecule has 0 radical (unpaired) electrons. The Morgan fingerprint density at radius 2 is 2.07 bits per heavy atom. The summed E-state index contributed by atoms with van der Waals surface area (Å²) in [6, 6.07) is 11.4. The first-order valence-electron chi connectivity index (χ1n) is 7.98. The Morgan fingerprint density at radius 3 is 2.81 bits per heavy atom. The predicted molar refractivity (Wildman–Crippen MR) is 102 cm³/mol. The standard InChI is InChI=1S/C19H15N3O4S/c1-2-8-20-16(23)11-26-17(24)10-22-12-21-18-14(19(22)25)9-15(27-18)13-6-4-3-5-7-13/h1,3-7,9,12H,8,10-11H2,(H,20,23). The summed E-state index contributed by atoms with van der Waals surface area (Å²) in [6.45, 7) is -0.736. The second-order valence-corrected chi connectivity index (χ2v) is 6.55. The number of nitrogens with one attached hydrogen (secondary N) is 1. The summed E-state index contributed by atoms with van der Waals surface area (Å²) in [5, 5.41) is 2.81. The topological polar surface area (TPSA) is 90.3 Å². The zero-order chi connectivity index (χ0) is 19.2. The van der Waals surface area contributed by atoms with Crippen molar-refractivity contribution < 1.29 is 14.3 Å². The third-order valence-electron chi connectivity index (χ3n) is 3.63. The number of carbonyl (C=O) groups excluding carboxylic acids is 2. The van der Waals surface area contributed by atoms with Crippen LogP contribution in [-0.4, -0.2) is 34.6 Å². The summed E-state index contributed by atoms with van der Waals surface area (Å²) >= 11 is 1.40. The second kappa shape index (κ2) is 8.29. The number of esters is 1. The molecule has 1 aromatic carbocycles. The minimum Gasteiger partial charge on any atom is -0.454 e. The fraction of sp³-hybridized carbons (Fsp3) is 0.158. The molecule has 8 heteroatoms. The molecule has 2 heterocycles. The van der Waals surface area contributed by atoms with Crippen LogP contribution in [0.1, 0.15) is 0 Å². The third-order valence-corrected chi connectivity index (χ3v) is 4.72. The minimum absolute atomic E-state index is 0.0539. The minimum atomic E-state index is -0.715. The first-order valence-corrected chi connectivity index (χ1v) is 8.80. The Bertz CT molecular complexity index is 1080. The van der Waals surface area contributed by atoms with E-state index in [1.807, 2.05) is 30.3 Å². The van der Waals surface area contributed by atoms with Gasteiger partial charge < -0.3 is 10.1 Å². The van der Waals surface area contributed by atoms with Crippen LogP contribution in [0.5, 0.6) is 0 Å². The van der Waals surface area contributed by atoms with Crippen molar-refractivity contribution in [2.75, 3.05) is 13.2 Å². The summed E-state index contributed by atoms with van der Waals surface area (Å²) in [7, 11) is 0. The van der Waals surface area contributed by atoms with Crippen molar-refractivity contribution in [2.45, 2.75) is 6.54 Å². The van der Waals surface area contributed by atoms with E-state index in [0.29, 0.717) is 10.2 Å². The molecule has 1 N–H and O–H groups in total. The molecule has 0 aliphatic rings. The predicted octanol–water partition coefficient (Wildman–Crippen LogP) is 1.42. The molecule has 7 nitrogen and oxygen atoms in total. The number of nitrogens with zero attached hydrogens (tertiary/aromatic N) is 2. The Hall–Kier alpha value is -3.44. The molecule has 0 bridgehead atoms. The Balaban J connectivity index is 1.73. The van der Waals surface area contributed by atoms with Crippen molar-refractivity contribution in [3.63, 3.8) is 0 Å². The highest BCUT2D eigenvalue weighted by Crippen LogP contribution is 2.30. The van der Waals surface area contributed by atoms with Crippen LogP contribution in [0.2, 0.25) is 0 Å². The third kappa shape index (κ3) is 4.40. The maximum absolute atomic E-state index is 12.6. The van der Waals surface area contributed by atoms with Gasteiger partial charge in [0.15, 0.2) is 6.61 Å². The van der Waals surface area contributed by atoms with Gasteiger partial charge in [0.25, 0.3) is 11.5 Å². The van der Waals surface area contributed by atoms with Crippen LogP contribution in [0.15, 0.2) is 47.5 Å². The second-order valence-electron chi connectivity index (χ2n) is 5.51. The van der Waals surface area contributed by atoms with Gasteiger partial charge in [0.1, 0.15) is 11.4 Å². The van der Waals surface area contributed by atoms with Crippen LogP contribution < -0.4 is 10.9 Å². The number of terminal acetylenes is 1. The van der Waals surface area contributed by atoms with Gasteiger partial charge in [-0.05, 0) is 11.6 Å². The smallest absolute Gasteiger partial charge is 0.326 e. The van der Waals surface area contributed by atoms with E-state index in [1.165, 1.54) is 17.7 Å². The van der Waals surface area contributed by atoms with Crippen molar-refractivity contribution in [3.8, 4) is 22.8 Å². The fourth-order valence-electron chi connectivity index (χ4n) is 2.35. The van der Waals surface area contributed by atoms with Crippen molar-refractivity contribution in [2.24, 2.45) is 0 Å². The summed E-state index contributed by atoms with van der Waals surface area (Å²) in [4.78, 5) is 41.6. The van der Waals surface area contributed by atoms with Crippen LogP contribution in [0.3, 0.4) is 0 Å². The Morgan fingerprint density at radius 1 is 1.30 bits per heavy atom. The maximum Gasteiger partial charge on any atom is 0.326 e. The van der Waals surface area contributed by atoms with E-state index < -0.39 is 18.5 Å². The first-order chi connectivity index (χ1) is 13.1. The highest BCUT2D eigenvalue weighted by molar-refractivity contribution is 7.21. The van der Waals surface area contributed by atoms with Gasteiger partial charge in [-0.25, -0.2) is 4.98 Å². The zero-order valence-electron chi connectivity index (χ0n) is 14.2. The molecule has 27 heavy (non-hydrogen) atoms. The van der Waals surface area contributed by atoms with Gasteiger partial charge >= 0.3 is 5.97 Å². The number of aromatic nitrogens is 2. The zero-order valence-corrected chi connectivity index (χ0v) is 15.0. The molecule has 0 aliphatic heterocycles. The van der Waals surface area contributed by atoms with Gasteiger partial charge in [-0.1, -0.05) is 36.3 Å². The van der Waals surface area contributed by atoms with Gasteiger partial charge in [0.2, 0.25) is 0 Å². The van der Waals surface area contributed by atoms with Crippen molar-refractivity contribution in [1.29, 1.82) is 0 Å². The first kappa shape index (κ1) is 18.4. The molecule has 3 aromatic rings. The van der Waals surface area contributed by atoms with Crippen LogP contribution in [0.25, 0.3) is 20.7 Å². The van der Waals surface area contributed by atoms with E-state index in [0.717, 1.165) is 15.0 Å². The molecule has 0 fully saturated rings. The number of hydrogen-bond donors (Lipinski definition) is 1. The lowest BCUT2D eigenvalue weighted by molar-refractivity contribution is -0.149. The molecule has 1 amide bonds. The van der Waals surface area contributed by atoms with Gasteiger partial charge in [0, 0.05) is 4.88 Å². The largest absolute Gasteiger partial charge is 0.454 e. The molecule has 2 aromatic heterocycles. The molecular weight excluding hydrogens is 366 g/mol. The Kier molecular flexibility index (Phi) is 5.64. The number of hydrogen-bond acceptors (Lipinski definition) is 6. The average Bonchev–Trinajstić information content (AvgIpc) is 3.13. The van der Waals surface area contributed by atoms with E-state index in [1.54, 1.807) is 6.07 Å². The van der Waals surface area contributed by atoms with Crippen LogP contribution in [-0.2, 0) is 20.9 Å². The molecular formula is C19H15N3O4S. The van der Waals surface area contributed by atoms with E-state index in [4.69, 9.17) is 11.2 Å². The van der Waals surface area contributed by atoms with Gasteiger partial charge in [-0.3, -0.25) is 19.0 Å². The highest BCUT2D eigenvalue weighted by Gasteiger charge is 2.13. The molecule has 0 spiro atoms. The molecule has 3 rings (SSSR count). The van der Waals surface area contributed by atoms with Crippen molar-refractivity contribution in [1.82, 2.24) is 14.9 Å². The fourth-order valence-corrected chi connectivity index (χ4v) is 3.34. The summed E-state index contributed by atoms with van der Waals surface area (Å²) in [5.41, 5.74) is 0.649. The molecule has 0 saturated carbocycles. The van der Waals surface area contributed by atoms with Crippen molar-refractivity contribution in [3.05, 3.63) is 53.1 Å². The number of carbonyl (C=O) groups is 2. The molecule has 136 valence electrons. The lowest BCUT2D eigenvalue weighted by Crippen LogP contribution is -2.31. The quantitative estimate of drug-likeness (QED) is 0.515. The summed E-state index contributed by atoms with van der Waals surface area (Å²) in [6.07, 6.45) is 6.32. The molecule has 0 saturated heterocycles. The molecule has 0 aliphatic carbocycles. The maximum atomic E-state index is 12.6. The van der Waals surface area contributed by atoms with E-state index >= 15 is 0 Å². The van der Waals surface area contributed by atoms with Crippen LogP contribution >= 0.6 is 11.3 Å². The van der Waals surface area contributed by atoms with Gasteiger partial charge in [-0.2, -0.15) is 0 Å². The van der Waals surface area contributed by atoms with Crippen molar-refractivity contribution >= 4 is 33.4 Å². The lowest BCUT2D eigenvalue weighted by Gasteiger charge is -2.06. The van der Waals surface area contributed by atoms with Gasteiger partial charge in [0.05, 0.1) is 18.3 Å². The van der Waals surface area contributed by atoms with Crippen LogP contribution in [0.4, 0.5) is 0 Å². The lowest BCUT2D eigenvalue weighted by atomic mass is 10.2. The average molecular weight is 381 g/mol. The van der Waals surface area contributed by atoms with E-state index in [9.17, 15) is 14.4 Å². The number of rotatable bonds is 6. The summed E-state index contributed by atoms with van der Waals surface area (Å²) < 4.78 is 6.00. The highest BCUT2D eigenvalue weighted by atomic mass is 32.1. The number of ether oxygens (including phenoxy) is 1. The number of benzene rings is 1.